The van der Waals surface area contributed by atoms with Gasteiger partial charge in [0.1, 0.15) is 11.2 Å². The van der Waals surface area contributed by atoms with Gasteiger partial charge in [-0.1, -0.05) is 11.6 Å². The third-order valence-electron chi connectivity index (χ3n) is 1.82. The molecule has 1 aromatic heterocycles. The van der Waals surface area contributed by atoms with Gasteiger partial charge in [-0.15, -0.1) is 11.8 Å². The van der Waals surface area contributed by atoms with Crippen molar-refractivity contribution < 1.29 is 10.0 Å². The van der Waals surface area contributed by atoms with Crippen LogP contribution < -0.4 is 0 Å². The van der Waals surface area contributed by atoms with Crippen molar-refractivity contribution >= 4 is 29.1 Å². The van der Waals surface area contributed by atoms with Crippen LogP contribution in [0.5, 0.6) is 0 Å². The lowest BCUT2D eigenvalue weighted by Gasteiger charge is -2.06. The molecule has 15 heavy (non-hydrogen) atoms. The number of aliphatic hydroxyl groups excluding tert-OH is 1. The van der Waals surface area contributed by atoms with E-state index in [4.69, 9.17) is 16.7 Å². The van der Waals surface area contributed by atoms with Gasteiger partial charge >= 0.3 is 0 Å². The van der Waals surface area contributed by atoms with E-state index in [1.807, 2.05) is 0 Å². The first-order chi connectivity index (χ1) is 7.11. The van der Waals surface area contributed by atoms with Gasteiger partial charge in [-0.05, 0) is 6.26 Å². The number of thioether (sulfide) groups is 1. The molecule has 0 saturated heterocycles. The van der Waals surface area contributed by atoms with Crippen LogP contribution in [0, 0.1) is 10.1 Å². The molecule has 0 unspecified atom stereocenters. The van der Waals surface area contributed by atoms with Crippen molar-refractivity contribution in [3.05, 3.63) is 26.9 Å². The van der Waals surface area contributed by atoms with Crippen molar-refractivity contribution in [3.8, 4) is 0 Å². The number of pyridine rings is 1. The Kier molecular flexibility index (Phi) is 4.31. The van der Waals surface area contributed by atoms with E-state index in [2.05, 4.69) is 4.98 Å². The van der Waals surface area contributed by atoms with Crippen LogP contribution in [0.3, 0.4) is 0 Å². The molecule has 1 heterocycles. The van der Waals surface area contributed by atoms with Gasteiger partial charge in [-0.25, -0.2) is 4.98 Å². The highest BCUT2D eigenvalue weighted by Crippen LogP contribution is 2.32. The Labute approximate surface area is 95.6 Å². The normalized spacial score (nSPS) is 10.3. The lowest BCUT2D eigenvalue weighted by atomic mass is 10.2. The third-order valence-corrected chi connectivity index (χ3v) is 3.03. The first kappa shape index (κ1) is 12.2. The summed E-state index contributed by atoms with van der Waals surface area (Å²) in [4.78, 5) is 14.0. The number of nitrogens with zero attached hydrogens (tertiary/aromatic N) is 2. The van der Waals surface area contributed by atoms with E-state index in [-0.39, 0.29) is 23.7 Å². The quantitative estimate of drug-likeness (QED) is 0.500. The second-order valence-corrected chi connectivity index (χ2v) is 3.85. The number of nitro groups is 1. The second-order valence-electron chi connectivity index (χ2n) is 2.68. The number of aromatic nitrogens is 1. The zero-order valence-electron chi connectivity index (χ0n) is 7.94. The van der Waals surface area contributed by atoms with E-state index in [0.29, 0.717) is 10.6 Å². The van der Waals surface area contributed by atoms with Crippen molar-refractivity contribution in [2.75, 3.05) is 12.9 Å². The lowest BCUT2D eigenvalue weighted by molar-refractivity contribution is -0.386. The van der Waals surface area contributed by atoms with Crippen LogP contribution in [0.1, 0.15) is 5.56 Å². The van der Waals surface area contributed by atoms with Crippen molar-refractivity contribution in [2.24, 2.45) is 0 Å². The van der Waals surface area contributed by atoms with Gasteiger partial charge in [0.2, 0.25) is 0 Å². The summed E-state index contributed by atoms with van der Waals surface area (Å²) in [6.45, 7) is -0.182. The largest absolute Gasteiger partial charge is 0.396 e. The van der Waals surface area contributed by atoms with E-state index >= 15 is 0 Å². The van der Waals surface area contributed by atoms with Gasteiger partial charge in [0.15, 0.2) is 0 Å². The Bertz CT molecular complexity index is 386. The maximum atomic E-state index is 10.7. The van der Waals surface area contributed by atoms with Crippen LogP contribution in [-0.4, -0.2) is 27.9 Å². The summed E-state index contributed by atoms with van der Waals surface area (Å²) >= 11 is 7.25. The van der Waals surface area contributed by atoms with E-state index in [9.17, 15) is 10.1 Å². The molecular weight excluding hydrogens is 240 g/mol. The maximum Gasteiger partial charge on any atom is 0.292 e. The Morgan fingerprint density at radius 3 is 2.87 bits per heavy atom. The Hall–Kier alpha value is -0.850. The summed E-state index contributed by atoms with van der Waals surface area (Å²) in [5.74, 6) is 0. The van der Waals surface area contributed by atoms with E-state index in [1.54, 1.807) is 6.26 Å². The van der Waals surface area contributed by atoms with Crippen LogP contribution in [0.25, 0.3) is 0 Å². The minimum Gasteiger partial charge on any atom is -0.396 e. The lowest BCUT2D eigenvalue weighted by Crippen LogP contribution is -2.01. The number of hydrogen-bond acceptors (Lipinski definition) is 5. The first-order valence-electron chi connectivity index (χ1n) is 4.08. The molecule has 1 aromatic rings. The fourth-order valence-electron chi connectivity index (χ4n) is 1.15. The average molecular weight is 249 g/mol. The predicted molar refractivity (Wildman–Crippen MR) is 58.5 cm³/mol. The Balaban J connectivity index is 3.30. The van der Waals surface area contributed by atoms with Crippen LogP contribution in [-0.2, 0) is 6.42 Å². The fraction of sp³-hybridized carbons (Fsp3) is 0.375. The van der Waals surface area contributed by atoms with Gasteiger partial charge in [0.05, 0.1) is 15.5 Å². The summed E-state index contributed by atoms with van der Waals surface area (Å²) in [6.07, 6.45) is 3.11. The van der Waals surface area contributed by atoms with Gasteiger partial charge in [-0.3, -0.25) is 10.1 Å². The molecular formula is C8H9ClN2O3S. The van der Waals surface area contributed by atoms with E-state index in [1.165, 1.54) is 18.0 Å². The number of aliphatic hydroxyl groups is 1. The first-order valence-corrected chi connectivity index (χ1v) is 5.68. The smallest absolute Gasteiger partial charge is 0.292 e. The van der Waals surface area contributed by atoms with Crippen LogP contribution in [0.2, 0.25) is 5.02 Å². The standard InChI is InChI=1S/C8H9ClN2O3S/c1-15-8-7(9)5(2-3-12)6(4-10-8)11(13)14/h4,12H,2-3H2,1H3. The minimum atomic E-state index is -0.548. The molecule has 0 atom stereocenters. The molecule has 0 amide bonds. The fourth-order valence-corrected chi connectivity index (χ4v) is 2.08. The van der Waals surface area contributed by atoms with Gasteiger partial charge in [0.25, 0.3) is 5.69 Å². The molecule has 0 aliphatic heterocycles. The molecule has 0 radical (unpaired) electrons. The monoisotopic (exact) mass is 248 g/mol. The molecule has 82 valence electrons. The zero-order chi connectivity index (χ0) is 11.4. The summed E-state index contributed by atoms with van der Waals surface area (Å²) in [7, 11) is 0. The highest BCUT2D eigenvalue weighted by atomic mass is 35.5. The molecule has 0 aliphatic rings. The van der Waals surface area contributed by atoms with Gasteiger partial charge in [0, 0.05) is 13.0 Å². The van der Waals surface area contributed by atoms with Gasteiger partial charge in [-0.2, -0.15) is 0 Å². The van der Waals surface area contributed by atoms with Crippen molar-refractivity contribution in [2.45, 2.75) is 11.4 Å². The molecule has 1 N–H and O–H groups in total. The average Bonchev–Trinajstić information content (AvgIpc) is 2.20. The molecule has 0 fully saturated rings. The summed E-state index contributed by atoms with van der Waals surface area (Å²) < 4.78 is 0. The van der Waals surface area contributed by atoms with E-state index in [0.717, 1.165) is 0 Å². The molecule has 0 spiro atoms. The molecule has 7 heteroatoms. The SMILES string of the molecule is CSc1ncc([N+](=O)[O-])c(CCO)c1Cl. The summed E-state index contributed by atoms with van der Waals surface area (Å²) in [5.41, 5.74) is 0.190. The Morgan fingerprint density at radius 1 is 1.73 bits per heavy atom. The zero-order valence-corrected chi connectivity index (χ0v) is 9.51. The summed E-state index contributed by atoms with van der Waals surface area (Å²) in [5, 5.41) is 20.3. The van der Waals surface area contributed by atoms with Crippen LogP contribution in [0.4, 0.5) is 5.69 Å². The number of hydrogen-bond donors (Lipinski definition) is 1. The van der Waals surface area contributed by atoms with Crippen molar-refractivity contribution in [3.63, 3.8) is 0 Å². The van der Waals surface area contributed by atoms with Gasteiger partial charge < -0.3 is 5.11 Å². The molecule has 0 bridgehead atoms. The second kappa shape index (κ2) is 5.29. The molecule has 0 aliphatic carbocycles. The number of rotatable bonds is 4. The highest BCUT2D eigenvalue weighted by Gasteiger charge is 2.20. The predicted octanol–water partition coefficient (Wildman–Crippen LogP) is 1.90. The van der Waals surface area contributed by atoms with Crippen molar-refractivity contribution in [1.82, 2.24) is 4.98 Å². The molecule has 0 saturated carbocycles. The van der Waals surface area contributed by atoms with Crippen LogP contribution >= 0.6 is 23.4 Å². The molecule has 1 rings (SSSR count). The third kappa shape index (κ3) is 2.58. The molecule has 0 aromatic carbocycles. The highest BCUT2D eigenvalue weighted by molar-refractivity contribution is 7.98. The number of halogens is 1. The Morgan fingerprint density at radius 2 is 2.40 bits per heavy atom. The van der Waals surface area contributed by atoms with Crippen LogP contribution in [0.15, 0.2) is 11.2 Å². The van der Waals surface area contributed by atoms with Crippen molar-refractivity contribution in [1.29, 1.82) is 0 Å². The maximum absolute atomic E-state index is 10.7. The van der Waals surface area contributed by atoms with E-state index < -0.39 is 4.92 Å². The topological polar surface area (TPSA) is 76.3 Å². The summed E-state index contributed by atoms with van der Waals surface area (Å²) in [6, 6.07) is 0. The molecule has 5 nitrogen and oxygen atoms in total. The minimum absolute atomic E-state index is 0.146.